The number of esters is 1. The maximum Gasteiger partial charge on any atom is 0.338 e. The van der Waals surface area contributed by atoms with Gasteiger partial charge in [0.15, 0.2) is 4.80 Å². The van der Waals surface area contributed by atoms with E-state index in [-0.39, 0.29) is 11.9 Å². The van der Waals surface area contributed by atoms with Crippen LogP contribution >= 0.6 is 38.6 Å². The largest absolute Gasteiger partial charge is 0.462 e. The van der Waals surface area contributed by atoms with Crippen molar-refractivity contribution in [3.8, 4) is 0 Å². The molecule has 6 nitrogen and oxygen atoms in total. The van der Waals surface area contributed by atoms with Crippen LogP contribution in [0.4, 0.5) is 0 Å². The summed E-state index contributed by atoms with van der Waals surface area (Å²) in [6.45, 7) is 5.71. The Kier molecular flexibility index (Phi) is 7.17. The molecule has 0 bridgehead atoms. The predicted octanol–water partition coefficient (Wildman–Crippen LogP) is 4.48. The summed E-state index contributed by atoms with van der Waals surface area (Å²) in [7, 11) is 0. The number of amides is 1. The van der Waals surface area contributed by atoms with Gasteiger partial charge in [-0.3, -0.25) is 4.79 Å². The highest BCUT2D eigenvalue weighted by Gasteiger charge is 2.14. The van der Waals surface area contributed by atoms with Gasteiger partial charge < -0.3 is 14.0 Å². The topological polar surface area (TPSA) is 69.9 Å². The Morgan fingerprint density at radius 3 is 2.64 bits per heavy atom. The van der Waals surface area contributed by atoms with E-state index in [0.29, 0.717) is 41.6 Å². The molecule has 3 aromatic rings. The molecule has 148 valence electrons. The van der Waals surface area contributed by atoms with Crippen molar-refractivity contribution in [2.45, 2.75) is 20.4 Å². The first kappa shape index (κ1) is 20.9. The number of ether oxygens (including phenoxy) is 2. The molecular formula is C19H19BrN2O4S2. The summed E-state index contributed by atoms with van der Waals surface area (Å²) in [5.41, 5.74) is 1.38. The number of carbonyl (C=O) groups excluding carboxylic acids is 2. The highest BCUT2D eigenvalue weighted by molar-refractivity contribution is 9.11. The predicted molar refractivity (Wildman–Crippen MR) is 114 cm³/mol. The summed E-state index contributed by atoms with van der Waals surface area (Å²) in [5, 5.41) is 0. The Balaban J connectivity index is 2.05. The van der Waals surface area contributed by atoms with Crippen molar-refractivity contribution >= 4 is 60.7 Å². The summed E-state index contributed by atoms with van der Waals surface area (Å²) in [6.07, 6.45) is 0. The minimum absolute atomic E-state index is 0.293. The molecule has 0 radical (unpaired) electrons. The van der Waals surface area contributed by atoms with Crippen molar-refractivity contribution in [3.63, 3.8) is 0 Å². The van der Waals surface area contributed by atoms with E-state index in [9.17, 15) is 9.59 Å². The lowest BCUT2D eigenvalue weighted by atomic mass is 10.2. The number of benzene rings is 1. The first-order valence-corrected chi connectivity index (χ1v) is 11.2. The Morgan fingerprint density at radius 1 is 1.14 bits per heavy atom. The van der Waals surface area contributed by atoms with Crippen LogP contribution in [0.5, 0.6) is 0 Å². The van der Waals surface area contributed by atoms with Crippen molar-refractivity contribution < 1.29 is 19.1 Å². The molecule has 0 saturated heterocycles. The van der Waals surface area contributed by atoms with Crippen molar-refractivity contribution in [2.75, 3.05) is 19.8 Å². The van der Waals surface area contributed by atoms with E-state index < -0.39 is 0 Å². The molecule has 2 heterocycles. The molecule has 0 atom stereocenters. The zero-order chi connectivity index (χ0) is 20.1. The summed E-state index contributed by atoms with van der Waals surface area (Å²) in [5.74, 6) is -0.658. The second-order valence-electron chi connectivity index (χ2n) is 5.66. The normalized spacial score (nSPS) is 11.9. The van der Waals surface area contributed by atoms with E-state index in [1.807, 2.05) is 23.6 Å². The SMILES string of the molecule is CCOCCn1c(=NC(=O)c2ccc(Br)s2)sc2cc(C(=O)OCC)ccc21. The molecule has 28 heavy (non-hydrogen) atoms. The fourth-order valence-corrected chi connectivity index (χ4v) is 4.95. The molecule has 0 aliphatic carbocycles. The summed E-state index contributed by atoms with van der Waals surface area (Å²) < 4.78 is 14.2. The lowest BCUT2D eigenvalue weighted by molar-refractivity contribution is 0.0526. The van der Waals surface area contributed by atoms with E-state index >= 15 is 0 Å². The van der Waals surface area contributed by atoms with Gasteiger partial charge in [-0.1, -0.05) is 11.3 Å². The Labute approximate surface area is 178 Å². The number of hydrogen-bond donors (Lipinski definition) is 0. The Bertz CT molecular complexity index is 1070. The summed E-state index contributed by atoms with van der Waals surface area (Å²) in [6, 6.07) is 8.94. The second kappa shape index (κ2) is 9.60. The van der Waals surface area contributed by atoms with E-state index in [0.717, 1.165) is 14.0 Å². The van der Waals surface area contributed by atoms with Crippen LogP contribution in [0.15, 0.2) is 39.1 Å². The fourth-order valence-electron chi connectivity index (χ4n) is 2.59. The van der Waals surface area contributed by atoms with Crippen LogP contribution in [0, 0.1) is 0 Å². The summed E-state index contributed by atoms with van der Waals surface area (Å²) >= 11 is 6.08. The monoisotopic (exact) mass is 482 g/mol. The second-order valence-corrected chi connectivity index (χ2v) is 9.13. The highest BCUT2D eigenvalue weighted by Crippen LogP contribution is 2.23. The third-order valence-electron chi connectivity index (χ3n) is 3.84. The van der Waals surface area contributed by atoms with E-state index in [1.165, 1.54) is 22.7 Å². The molecule has 1 aromatic carbocycles. The van der Waals surface area contributed by atoms with Gasteiger partial charge in [0.05, 0.1) is 37.7 Å². The average molecular weight is 483 g/mol. The van der Waals surface area contributed by atoms with Crippen LogP contribution in [-0.4, -0.2) is 36.3 Å². The first-order valence-electron chi connectivity index (χ1n) is 8.76. The smallest absolute Gasteiger partial charge is 0.338 e. The third kappa shape index (κ3) is 4.78. The number of rotatable bonds is 7. The molecule has 0 aliphatic rings. The van der Waals surface area contributed by atoms with Gasteiger partial charge in [0.1, 0.15) is 0 Å². The maximum atomic E-state index is 12.6. The minimum atomic E-state index is -0.364. The fraction of sp³-hybridized carbons (Fsp3) is 0.316. The van der Waals surface area contributed by atoms with Crippen molar-refractivity contribution in [2.24, 2.45) is 4.99 Å². The Hall–Kier alpha value is -1.81. The van der Waals surface area contributed by atoms with Crippen LogP contribution in [0.2, 0.25) is 0 Å². The number of hydrogen-bond acceptors (Lipinski definition) is 6. The van der Waals surface area contributed by atoms with E-state index in [4.69, 9.17) is 9.47 Å². The first-order chi connectivity index (χ1) is 13.5. The van der Waals surface area contributed by atoms with E-state index in [1.54, 1.807) is 25.1 Å². The number of thiazole rings is 1. The lowest BCUT2D eigenvalue weighted by Gasteiger charge is -2.06. The molecule has 0 unspecified atom stereocenters. The quantitative estimate of drug-likeness (QED) is 0.367. The van der Waals surface area contributed by atoms with Crippen LogP contribution < -0.4 is 4.80 Å². The highest BCUT2D eigenvalue weighted by atomic mass is 79.9. The van der Waals surface area contributed by atoms with E-state index in [2.05, 4.69) is 20.9 Å². The molecule has 9 heteroatoms. The van der Waals surface area contributed by atoms with Gasteiger partial charge >= 0.3 is 5.97 Å². The van der Waals surface area contributed by atoms with Gasteiger partial charge in [-0.2, -0.15) is 4.99 Å². The van der Waals surface area contributed by atoms with Crippen molar-refractivity contribution in [1.29, 1.82) is 0 Å². The third-order valence-corrected chi connectivity index (χ3v) is 6.49. The molecule has 2 aromatic heterocycles. The van der Waals surface area contributed by atoms with Gasteiger partial charge in [-0.15, -0.1) is 11.3 Å². The van der Waals surface area contributed by atoms with Crippen LogP contribution in [0.3, 0.4) is 0 Å². The molecular weight excluding hydrogens is 464 g/mol. The average Bonchev–Trinajstić information content (AvgIpc) is 3.25. The molecule has 3 rings (SSSR count). The minimum Gasteiger partial charge on any atom is -0.462 e. The van der Waals surface area contributed by atoms with Crippen LogP contribution in [0.1, 0.15) is 33.9 Å². The molecule has 1 amide bonds. The molecule has 0 spiro atoms. The zero-order valence-corrected chi connectivity index (χ0v) is 18.7. The number of thiophene rings is 1. The molecule has 0 aliphatic heterocycles. The maximum absolute atomic E-state index is 12.6. The van der Waals surface area contributed by atoms with Gasteiger partial charge in [0.25, 0.3) is 5.91 Å². The number of halogens is 1. The van der Waals surface area contributed by atoms with Gasteiger partial charge in [0, 0.05) is 13.2 Å². The van der Waals surface area contributed by atoms with Crippen molar-refractivity contribution in [1.82, 2.24) is 4.57 Å². The zero-order valence-electron chi connectivity index (χ0n) is 15.4. The van der Waals surface area contributed by atoms with Crippen LogP contribution in [-0.2, 0) is 16.0 Å². The van der Waals surface area contributed by atoms with Crippen molar-refractivity contribution in [3.05, 3.63) is 49.4 Å². The van der Waals surface area contributed by atoms with Gasteiger partial charge in [-0.05, 0) is 60.1 Å². The number of carbonyl (C=O) groups is 2. The number of nitrogens with zero attached hydrogens (tertiary/aromatic N) is 2. The molecule has 0 N–H and O–H groups in total. The standard InChI is InChI=1S/C19H19BrN2O4S2/c1-3-25-10-9-22-13-6-5-12(18(24)26-4-2)11-15(13)28-19(22)21-17(23)14-7-8-16(20)27-14/h5-8,11H,3-4,9-10H2,1-2H3. The lowest BCUT2D eigenvalue weighted by Crippen LogP contribution is -2.19. The summed E-state index contributed by atoms with van der Waals surface area (Å²) in [4.78, 5) is 30.1. The van der Waals surface area contributed by atoms with Crippen LogP contribution in [0.25, 0.3) is 10.2 Å². The van der Waals surface area contributed by atoms with Gasteiger partial charge in [0.2, 0.25) is 0 Å². The number of fused-ring (bicyclic) bond motifs is 1. The molecule has 0 saturated carbocycles. The number of aromatic nitrogens is 1. The Morgan fingerprint density at radius 2 is 1.96 bits per heavy atom. The van der Waals surface area contributed by atoms with Gasteiger partial charge in [-0.25, -0.2) is 4.79 Å². The molecule has 0 fully saturated rings.